The normalized spacial score (nSPS) is 11.1. The Morgan fingerprint density at radius 1 is 1.35 bits per heavy atom. The number of likely N-dealkylation sites (N-methyl/N-ethyl adjacent to an activating group) is 1. The third-order valence-electron chi connectivity index (χ3n) is 3.27. The van der Waals surface area contributed by atoms with Crippen molar-refractivity contribution in [3.63, 3.8) is 0 Å². The number of benzene rings is 1. The molecule has 0 aliphatic rings. The predicted octanol–water partition coefficient (Wildman–Crippen LogP) is 2.20. The van der Waals surface area contributed by atoms with E-state index in [0.29, 0.717) is 6.54 Å². The Hall–Kier alpha value is -1.61. The van der Waals surface area contributed by atoms with Gasteiger partial charge in [-0.3, -0.25) is 4.79 Å². The number of aryl methyl sites for hydroxylation is 2. The minimum absolute atomic E-state index is 0.152. The number of rotatable bonds is 3. The van der Waals surface area contributed by atoms with Crippen molar-refractivity contribution >= 4 is 16.7 Å². The van der Waals surface area contributed by atoms with Crippen molar-refractivity contribution in [2.45, 2.75) is 13.8 Å². The first-order valence-corrected chi connectivity index (χ1v) is 5.79. The van der Waals surface area contributed by atoms with Crippen molar-refractivity contribution in [2.75, 3.05) is 13.6 Å². The summed E-state index contributed by atoms with van der Waals surface area (Å²) in [6.45, 7) is 4.45. The van der Waals surface area contributed by atoms with E-state index < -0.39 is 0 Å². The number of ketones is 1. The molecule has 90 valence electrons. The smallest absolute Gasteiger partial charge is 0.179 e. The quantitative estimate of drug-likeness (QED) is 0.820. The summed E-state index contributed by atoms with van der Waals surface area (Å²) >= 11 is 0. The van der Waals surface area contributed by atoms with Crippen LogP contribution in [0.5, 0.6) is 0 Å². The number of Topliss-reactive ketones (excluding diaryl/α,β-unsaturated/α-hetero) is 1. The number of hydrogen-bond acceptors (Lipinski definition) is 2. The topological polar surface area (TPSA) is 34.0 Å². The monoisotopic (exact) mass is 230 g/mol. The van der Waals surface area contributed by atoms with Crippen molar-refractivity contribution in [3.05, 3.63) is 35.0 Å². The number of nitrogens with zero attached hydrogens (tertiary/aromatic N) is 1. The highest BCUT2D eigenvalue weighted by atomic mass is 16.1. The average molecular weight is 230 g/mol. The predicted molar refractivity (Wildman–Crippen MR) is 70.7 cm³/mol. The third-order valence-corrected chi connectivity index (χ3v) is 3.27. The summed E-state index contributed by atoms with van der Waals surface area (Å²) in [5.74, 6) is 0.152. The van der Waals surface area contributed by atoms with Crippen molar-refractivity contribution in [2.24, 2.45) is 7.05 Å². The highest BCUT2D eigenvalue weighted by molar-refractivity contribution is 6.10. The molecule has 0 aliphatic carbocycles. The maximum Gasteiger partial charge on any atom is 0.179 e. The van der Waals surface area contributed by atoms with Crippen LogP contribution in [0.1, 0.15) is 21.6 Å². The van der Waals surface area contributed by atoms with Crippen LogP contribution >= 0.6 is 0 Å². The van der Waals surface area contributed by atoms with Gasteiger partial charge >= 0.3 is 0 Å². The Labute approximate surface area is 101 Å². The van der Waals surface area contributed by atoms with E-state index in [1.807, 2.05) is 20.0 Å². The number of fused-ring (bicyclic) bond motifs is 1. The number of aromatic nitrogens is 1. The fourth-order valence-electron chi connectivity index (χ4n) is 2.27. The van der Waals surface area contributed by atoms with Gasteiger partial charge in [0.15, 0.2) is 5.78 Å². The number of nitrogens with one attached hydrogen (secondary N) is 1. The van der Waals surface area contributed by atoms with E-state index in [4.69, 9.17) is 0 Å². The van der Waals surface area contributed by atoms with Crippen LogP contribution in [0.4, 0.5) is 0 Å². The minimum Gasteiger partial charge on any atom is -0.347 e. The van der Waals surface area contributed by atoms with Crippen LogP contribution in [0.25, 0.3) is 10.9 Å². The highest BCUT2D eigenvalue weighted by Crippen LogP contribution is 2.26. The standard InChI is InChI=1S/C14H18N2O/c1-9-5-6-11-12(7-9)16(4)10(2)14(11)13(17)8-15-3/h5-7,15H,8H2,1-4H3. The molecule has 0 saturated carbocycles. The summed E-state index contributed by atoms with van der Waals surface area (Å²) in [7, 11) is 3.80. The average Bonchev–Trinajstić information content (AvgIpc) is 2.53. The molecule has 1 heterocycles. The van der Waals surface area contributed by atoms with Crippen LogP contribution in [-0.4, -0.2) is 23.9 Å². The lowest BCUT2D eigenvalue weighted by Crippen LogP contribution is -2.19. The molecule has 2 rings (SSSR count). The SMILES string of the molecule is CNCC(=O)c1c(C)n(C)c2cc(C)ccc12. The van der Waals surface area contributed by atoms with E-state index in [1.165, 1.54) is 5.56 Å². The van der Waals surface area contributed by atoms with Crippen LogP contribution in [-0.2, 0) is 7.05 Å². The maximum atomic E-state index is 12.1. The van der Waals surface area contributed by atoms with Gasteiger partial charge in [0, 0.05) is 29.2 Å². The van der Waals surface area contributed by atoms with E-state index in [0.717, 1.165) is 22.2 Å². The van der Waals surface area contributed by atoms with E-state index in [9.17, 15) is 4.79 Å². The zero-order chi connectivity index (χ0) is 12.6. The molecule has 0 saturated heterocycles. The first kappa shape index (κ1) is 11.9. The molecule has 3 nitrogen and oxygen atoms in total. The summed E-state index contributed by atoms with van der Waals surface area (Å²) in [6, 6.07) is 6.22. The summed E-state index contributed by atoms with van der Waals surface area (Å²) in [4.78, 5) is 12.1. The summed E-state index contributed by atoms with van der Waals surface area (Å²) in [5, 5.41) is 3.97. The van der Waals surface area contributed by atoms with Crippen LogP contribution < -0.4 is 5.32 Å². The molecule has 0 bridgehead atoms. The van der Waals surface area contributed by atoms with Crippen LogP contribution in [0.15, 0.2) is 18.2 Å². The minimum atomic E-state index is 0.152. The van der Waals surface area contributed by atoms with E-state index in [-0.39, 0.29) is 5.78 Å². The zero-order valence-electron chi connectivity index (χ0n) is 10.8. The Kier molecular flexibility index (Phi) is 3.03. The summed E-state index contributed by atoms with van der Waals surface area (Å²) < 4.78 is 2.09. The molecule has 0 aliphatic heterocycles. The molecule has 0 fully saturated rings. The van der Waals surface area contributed by atoms with Crippen molar-refractivity contribution in [1.82, 2.24) is 9.88 Å². The molecule has 3 heteroatoms. The van der Waals surface area contributed by atoms with Gasteiger partial charge in [0.05, 0.1) is 6.54 Å². The molecule has 0 amide bonds. The van der Waals surface area contributed by atoms with Crippen LogP contribution in [0.2, 0.25) is 0 Å². The van der Waals surface area contributed by atoms with Gasteiger partial charge in [-0.05, 0) is 32.5 Å². The Bertz CT molecular complexity index is 581. The van der Waals surface area contributed by atoms with Gasteiger partial charge in [-0.1, -0.05) is 12.1 Å². The van der Waals surface area contributed by atoms with Gasteiger partial charge in [-0.2, -0.15) is 0 Å². The van der Waals surface area contributed by atoms with E-state index >= 15 is 0 Å². The largest absolute Gasteiger partial charge is 0.347 e. The second-order valence-corrected chi connectivity index (χ2v) is 4.49. The lowest BCUT2D eigenvalue weighted by atomic mass is 10.1. The van der Waals surface area contributed by atoms with Gasteiger partial charge in [0.2, 0.25) is 0 Å². The lowest BCUT2D eigenvalue weighted by molar-refractivity contribution is 0.0994. The Morgan fingerprint density at radius 3 is 2.71 bits per heavy atom. The molecular weight excluding hydrogens is 212 g/mol. The second-order valence-electron chi connectivity index (χ2n) is 4.49. The fourth-order valence-corrected chi connectivity index (χ4v) is 2.27. The number of carbonyl (C=O) groups excluding carboxylic acids is 1. The maximum absolute atomic E-state index is 12.1. The fraction of sp³-hybridized carbons (Fsp3) is 0.357. The third kappa shape index (κ3) is 1.87. The lowest BCUT2D eigenvalue weighted by Gasteiger charge is -2.01. The van der Waals surface area contributed by atoms with Gasteiger partial charge < -0.3 is 9.88 Å². The molecular formula is C14H18N2O. The molecule has 1 aromatic carbocycles. The summed E-state index contributed by atoms with van der Waals surface area (Å²) in [5.41, 5.74) is 4.22. The molecule has 17 heavy (non-hydrogen) atoms. The Morgan fingerprint density at radius 2 is 2.06 bits per heavy atom. The van der Waals surface area contributed by atoms with Crippen molar-refractivity contribution in [1.29, 1.82) is 0 Å². The van der Waals surface area contributed by atoms with Crippen LogP contribution in [0, 0.1) is 13.8 Å². The summed E-state index contributed by atoms with van der Waals surface area (Å²) in [6.07, 6.45) is 0. The number of carbonyl (C=O) groups is 1. The van der Waals surface area contributed by atoms with Crippen molar-refractivity contribution < 1.29 is 4.79 Å². The molecule has 0 atom stereocenters. The zero-order valence-corrected chi connectivity index (χ0v) is 10.8. The molecule has 0 spiro atoms. The first-order valence-electron chi connectivity index (χ1n) is 5.79. The van der Waals surface area contributed by atoms with E-state index in [1.54, 1.807) is 7.05 Å². The van der Waals surface area contributed by atoms with Gasteiger partial charge in [0.25, 0.3) is 0 Å². The van der Waals surface area contributed by atoms with E-state index in [2.05, 4.69) is 28.9 Å². The van der Waals surface area contributed by atoms with Gasteiger partial charge in [0.1, 0.15) is 0 Å². The van der Waals surface area contributed by atoms with Crippen molar-refractivity contribution in [3.8, 4) is 0 Å². The van der Waals surface area contributed by atoms with Crippen LogP contribution in [0.3, 0.4) is 0 Å². The first-order chi connectivity index (χ1) is 8.06. The van der Waals surface area contributed by atoms with Gasteiger partial charge in [-0.15, -0.1) is 0 Å². The molecule has 0 unspecified atom stereocenters. The second kappa shape index (κ2) is 4.34. The molecule has 2 aromatic rings. The molecule has 1 aromatic heterocycles. The highest BCUT2D eigenvalue weighted by Gasteiger charge is 2.17. The molecule has 1 N–H and O–H groups in total. The Balaban J connectivity index is 2.71. The molecule has 0 radical (unpaired) electrons. The van der Waals surface area contributed by atoms with Gasteiger partial charge in [-0.25, -0.2) is 0 Å². The number of hydrogen-bond donors (Lipinski definition) is 1.